The lowest BCUT2D eigenvalue weighted by atomic mass is 10.1. The summed E-state index contributed by atoms with van der Waals surface area (Å²) in [5.74, 6) is -2.95. The Balaban J connectivity index is 2.23. The van der Waals surface area contributed by atoms with Crippen LogP contribution in [0.25, 0.3) is 0 Å². The van der Waals surface area contributed by atoms with Crippen LogP contribution >= 0.6 is 0 Å². The Morgan fingerprint density at radius 3 is 2.40 bits per heavy atom. The van der Waals surface area contributed by atoms with Crippen molar-refractivity contribution in [3.05, 3.63) is 65.2 Å². The highest BCUT2D eigenvalue weighted by Gasteiger charge is 2.14. The maximum absolute atomic E-state index is 13.5. The average molecular weight is 296 g/mol. The van der Waals surface area contributed by atoms with Gasteiger partial charge in [-0.2, -0.15) is 0 Å². The maximum Gasteiger partial charge on any atom is 0.338 e. The van der Waals surface area contributed by atoms with Gasteiger partial charge in [0.05, 0.1) is 27.0 Å². The number of carbonyl (C=O) groups is 1. The summed E-state index contributed by atoms with van der Waals surface area (Å²) in [6, 6.07) is 9.11. The highest BCUT2D eigenvalue weighted by Crippen LogP contribution is 2.17. The first-order valence-corrected chi connectivity index (χ1v) is 6.95. The van der Waals surface area contributed by atoms with E-state index in [0.717, 1.165) is 12.1 Å². The van der Waals surface area contributed by atoms with Gasteiger partial charge in [0.1, 0.15) is 11.6 Å². The fourth-order valence-corrected chi connectivity index (χ4v) is 2.83. The molecule has 0 radical (unpaired) electrons. The summed E-state index contributed by atoms with van der Waals surface area (Å²) in [6.45, 7) is 0. The second kappa shape index (κ2) is 5.92. The molecule has 1 N–H and O–H groups in total. The second-order valence-electron chi connectivity index (χ2n) is 4.04. The first kappa shape index (κ1) is 14.3. The van der Waals surface area contributed by atoms with E-state index in [1.807, 2.05) is 0 Å². The van der Waals surface area contributed by atoms with Gasteiger partial charge in [0.25, 0.3) is 0 Å². The lowest BCUT2D eigenvalue weighted by Gasteiger charge is -2.05. The lowest BCUT2D eigenvalue weighted by molar-refractivity contribution is 0.0692. The van der Waals surface area contributed by atoms with Crippen LogP contribution in [0.2, 0.25) is 0 Å². The van der Waals surface area contributed by atoms with Crippen LogP contribution in [0.5, 0.6) is 0 Å². The first-order chi connectivity index (χ1) is 9.49. The summed E-state index contributed by atoms with van der Waals surface area (Å²) in [5.41, 5.74) is -0.112. The van der Waals surface area contributed by atoms with Crippen molar-refractivity contribution >= 4 is 16.8 Å². The van der Waals surface area contributed by atoms with E-state index in [1.165, 1.54) is 24.3 Å². The van der Waals surface area contributed by atoms with Crippen molar-refractivity contribution in [2.24, 2.45) is 0 Å². The zero-order valence-electron chi connectivity index (χ0n) is 10.2. The van der Waals surface area contributed by atoms with Crippen molar-refractivity contribution < 1.29 is 22.9 Å². The van der Waals surface area contributed by atoms with Gasteiger partial charge in [0.15, 0.2) is 0 Å². The van der Waals surface area contributed by atoms with Crippen LogP contribution in [-0.2, 0) is 16.6 Å². The third-order valence-corrected chi connectivity index (χ3v) is 4.06. The average Bonchev–Trinajstić information content (AvgIpc) is 2.38. The molecule has 3 nitrogen and oxygen atoms in total. The second-order valence-corrected chi connectivity index (χ2v) is 5.46. The van der Waals surface area contributed by atoms with Gasteiger partial charge in [0.2, 0.25) is 0 Å². The molecule has 0 aliphatic heterocycles. The summed E-state index contributed by atoms with van der Waals surface area (Å²) in [4.78, 5) is 10.7. The van der Waals surface area contributed by atoms with Crippen molar-refractivity contribution in [3.8, 4) is 0 Å². The van der Waals surface area contributed by atoms with Gasteiger partial charge < -0.3 is 5.11 Å². The Labute approximate surface area is 116 Å². The van der Waals surface area contributed by atoms with E-state index in [9.17, 15) is 17.8 Å². The lowest BCUT2D eigenvalue weighted by Crippen LogP contribution is -2.03. The van der Waals surface area contributed by atoms with Crippen LogP contribution in [-0.4, -0.2) is 15.3 Å². The summed E-state index contributed by atoms with van der Waals surface area (Å²) in [6.07, 6.45) is 0. The molecule has 20 heavy (non-hydrogen) atoms. The molecule has 1 unspecified atom stereocenters. The summed E-state index contributed by atoms with van der Waals surface area (Å²) >= 11 is 0. The summed E-state index contributed by atoms with van der Waals surface area (Å²) in [7, 11) is -1.66. The van der Waals surface area contributed by atoms with E-state index in [1.54, 1.807) is 6.07 Å². The van der Waals surface area contributed by atoms with E-state index in [-0.39, 0.29) is 10.6 Å². The Hall–Kier alpha value is -2.08. The molecule has 0 heterocycles. The molecule has 0 saturated heterocycles. The predicted octanol–water partition coefficient (Wildman–Crippen LogP) is 2.97. The minimum atomic E-state index is -1.66. The molecule has 2 rings (SSSR count). The Morgan fingerprint density at radius 2 is 1.80 bits per heavy atom. The molecule has 0 aromatic heterocycles. The Morgan fingerprint density at radius 1 is 1.10 bits per heavy atom. The van der Waals surface area contributed by atoms with E-state index in [2.05, 4.69) is 0 Å². The number of rotatable bonds is 4. The van der Waals surface area contributed by atoms with Crippen LogP contribution in [0, 0.1) is 11.6 Å². The SMILES string of the molecule is O=C(O)c1ccc(CS(=O)c2ccccc2F)cc1F. The van der Waals surface area contributed by atoms with E-state index < -0.39 is 34.0 Å². The van der Waals surface area contributed by atoms with E-state index >= 15 is 0 Å². The summed E-state index contributed by atoms with van der Waals surface area (Å²) in [5, 5.41) is 8.70. The first-order valence-electron chi connectivity index (χ1n) is 5.63. The van der Waals surface area contributed by atoms with Crippen molar-refractivity contribution in [1.29, 1.82) is 0 Å². The zero-order valence-corrected chi connectivity index (χ0v) is 11.0. The highest BCUT2D eigenvalue weighted by atomic mass is 32.2. The van der Waals surface area contributed by atoms with E-state index in [0.29, 0.717) is 5.56 Å². The van der Waals surface area contributed by atoms with Gasteiger partial charge in [-0.3, -0.25) is 4.21 Å². The van der Waals surface area contributed by atoms with Gasteiger partial charge in [-0.15, -0.1) is 0 Å². The van der Waals surface area contributed by atoms with Crippen LogP contribution in [0.3, 0.4) is 0 Å². The zero-order chi connectivity index (χ0) is 14.7. The molecule has 2 aromatic rings. The number of benzene rings is 2. The number of carboxylic acid groups (broad SMARTS) is 1. The van der Waals surface area contributed by atoms with Crippen LogP contribution in [0.4, 0.5) is 8.78 Å². The van der Waals surface area contributed by atoms with Gasteiger partial charge in [-0.25, -0.2) is 13.6 Å². The van der Waals surface area contributed by atoms with Crippen molar-refractivity contribution in [3.63, 3.8) is 0 Å². The third-order valence-electron chi connectivity index (χ3n) is 2.64. The quantitative estimate of drug-likeness (QED) is 0.943. The number of hydrogen-bond donors (Lipinski definition) is 1. The molecule has 1 atom stereocenters. The predicted molar refractivity (Wildman–Crippen MR) is 69.9 cm³/mol. The van der Waals surface area contributed by atoms with Gasteiger partial charge >= 0.3 is 5.97 Å². The van der Waals surface area contributed by atoms with Crippen LogP contribution in [0.15, 0.2) is 47.4 Å². The van der Waals surface area contributed by atoms with Gasteiger partial charge in [-0.05, 0) is 29.8 Å². The standard InChI is InChI=1S/C14H10F2O3S/c15-11-3-1-2-4-13(11)20(19)8-9-5-6-10(14(17)18)12(16)7-9/h1-7H,8H2,(H,17,18). The fraction of sp³-hybridized carbons (Fsp3) is 0.0714. The summed E-state index contributed by atoms with van der Waals surface area (Å²) < 4.78 is 38.9. The molecule has 0 spiro atoms. The number of hydrogen-bond acceptors (Lipinski definition) is 2. The molecule has 6 heteroatoms. The Kier molecular flexibility index (Phi) is 4.24. The molecular formula is C14H10F2O3S. The topological polar surface area (TPSA) is 54.4 Å². The third kappa shape index (κ3) is 3.08. The van der Waals surface area contributed by atoms with Crippen LogP contribution in [0.1, 0.15) is 15.9 Å². The smallest absolute Gasteiger partial charge is 0.338 e. The molecular weight excluding hydrogens is 286 g/mol. The van der Waals surface area contributed by atoms with Gasteiger partial charge in [-0.1, -0.05) is 18.2 Å². The van der Waals surface area contributed by atoms with Crippen molar-refractivity contribution in [1.82, 2.24) is 0 Å². The van der Waals surface area contributed by atoms with E-state index in [4.69, 9.17) is 5.11 Å². The molecule has 104 valence electrons. The monoisotopic (exact) mass is 296 g/mol. The van der Waals surface area contributed by atoms with Crippen molar-refractivity contribution in [2.45, 2.75) is 10.6 Å². The molecule has 0 aliphatic rings. The molecule has 0 fully saturated rings. The minimum absolute atomic E-state index is 0.0372. The molecule has 0 bridgehead atoms. The molecule has 2 aromatic carbocycles. The van der Waals surface area contributed by atoms with Crippen LogP contribution < -0.4 is 0 Å². The normalized spacial score (nSPS) is 12.1. The van der Waals surface area contributed by atoms with Gasteiger partial charge in [0, 0.05) is 0 Å². The highest BCUT2D eigenvalue weighted by molar-refractivity contribution is 7.84. The number of halogens is 2. The molecule has 0 aliphatic carbocycles. The minimum Gasteiger partial charge on any atom is -0.478 e. The maximum atomic E-state index is 13.5. The fourth-order valence-electron chi connectivity index (χ4n) is 1.68. The Bertz CT molecular complexity index is 686. The number of carboxylic acids is 1. The largest absolute Gasteiger partial charge is 0.478 e. The van der Waals surface area contributed by atoms with Crippen molar-refractivity contribution in [2.75, 3.05) is 0 Å². The molecule has 0 saturated carbocycles. The molecule has 0 amide bonds. The number of aromatic carboxylic acids is 1.